The molecule has 0 spiro atoms. The first-order valence-electron chi connectivity index (χ1n) is 4.35. The minimum absolute atomic E-state index is 0.347. The number of nitrogens with zero attached hydrogens (tertiary/aromatic N) is 1. The van der Waals surface area contributed by atoms with Crippen LogP contribution in [0, 0.1) is 0 Å². The lowest BCUT2D eigenvalue weighted by Crippen LogP contribution is -2.34. The molecular weight excluding hydrogens is 260 g/mol. The van der Waals surface area contributed by atoms with Crippen LogP contribution in [0.25, 0.3) is 0 Å². The molecule has 0 radical (unpaired) electrons. The normalized spacial score (nSPS) is 12.5. The highest BCUT2D eigenvalue weighted by molar-refractivity contribution is 7.16. The predicted molar refractivity (Wildman–Crippen MR) is 61.2 cm³/mol. The van der Waals surface area contributed by atoms with Crippen molar-refractivity contribution in [3.8, 4) is 0 Å². The van der Waals surface area contributed by atoms with E-state index in [9.17, 15) is 9.18 Å². The second-order valence-electron chi connectivity index (χ2n) is 2.86. The molecule has 1 atom stereocenters. The third kappa shape index (κ3) is 3.63. The predicted octanol–water partition coefficient (Wildman–Crippen LogP) is 3.28. The number of carbonyl (C=O) groups is 1. The summed E-state index contributed by atoms with van der Waals surface area (Å²) in [7, 11) is 0. The zero-order valence-electron chi connectivity index (χ0n) is 8.04. The molecule has 0 aliphatic heterocycles. The van der Waals surface area contributed by atoms with Crippen LogP contribution in [0.3, 0.4) is 0 Å². The lowest BCUT2D eigenvalue weighted by atomic mass is 10.4. The van der Waals surface area contributed by atoms with E-state index in [2.05, 4.69) is 0 Å². The number of hydrogen-bond acceptors (Lipinski definition) is 2. The van der Waals surface area contributed by atoms with E-state index in [0.717, 1.165) is 4.88 Å². The molecule has 2 nitrogen and oxygen atoms in total. The minimum atomic E-state index is -1.97. The lowest BCUT2D eigenvalue weighted by molar-refractivity contribution is -0.134. The topological polar surface area (TPSA) is 20.3 Å². The molecular formula is C9H10Cl2FNOS. The smallest absolute Gasteiger partial charge is 0.273 e. The molecule has 15 heavy (non-hydrogen) atoms. The zero-order valence-corrected chi connectivity index (χ0v) is 10.4. The molecule has 1 heterocycles. The lowest BCUT2D eigenvalue weighted by Gasteiger charge is -2.19. The van der Waals surface area contributed by atoms with Crippen molar-refractivity contribution in [1.29, 1.82) is 0 Å². The van der Waals surface area contributed by atoms with Gasteiger partial charge < -0.3 is 4.90 Å². The van der Waals surface area contributed by atoms with Crippen LogP contribution in [0.1, 0.15) is 11.8 Å². The molecule has 84 valence electrons. The van der Waals surface area contributed by atoms with Gasteiger partial charge in [0.15, 0.2) is 0 Å². The van der Waals surface area contributed by atoms with Crippen molar-refractivity contribution in [3.63, 3.8) is 0 Å². The van der Waals surface area contributed by atoms with E-state index in [1.807, 2.05) is 6.07 Å². The molecule has 0 aliphatic rings. The Hall–Kier alpha value is -0.320. The second-order valence-corrected chi connectivity index (χ2v) is 5.04. The number of thiophene rings is 1. The largest absolute Gasteiger partial charge is 0.334 e. The number of carbonyl (C=O) groups excluding carboxylic acids is 1. The Morgan fingerprint density at radius 2 is 2.33 bits per heavy atom. The van der Waals surface area contributed by atoms with E-state index >= 15 is 0 Å². The minimum Gasteiger partial charge on any atom is -0.334 e. The quantitative estimate of drug-likeness (QED) is 0.769. The molecule has 1 rings (SSSR count). The molecule has 1 aromatic heterocycles. The Morgan fingerprint density at radius 1 is 1.67 bits per heavy atom. The van der Waals surface area contributed by atoms with Crippen LogP contribution in [0.15, 0.2) is 12.1 Å². The Bertz CT molecular complexity index is 343. The number of hydrogen-bond donors (Lipinski definition) is 0. The summed E-state index contributed by atoms with van der Waals surface area (Å²) in [6.07, 6.45) is 0. The fraction of sp³-hybridized carbons (Fsp3) is 0.444. The summed E-state index contributed by atoms with van der Waals surface area (Å²) >= 11 is 12.2. The van der Waals surface area contributed by atoms with Crippen molar-refractivity contribution >= 4 is 40.4 Å². The van der Waals surface area contributed by atoms with E-state index in [1.165, 1.54) is 16.2 Å². The SMILES string of the molecule is CCN(Cc1ccc(Cl)s1)C(=O)C(F)Cl. The Morgan fingerprint density at radius 3 is 2.73 bits per heavy atom. The van der Waals surface area contributed by atoms with Crippen LogP contribution >= 0.6 is 34.5 Å². The molecule has 1 amide bonds. The maximum absolute atomic E-state index is 12.6. The van der Waals surface area contributed by atoms with Gasteiger partial charge in [0.1, 0.15) is 0 Å². The van der Waals surface area contributed by atoms with E-state index < -0.39 is 11.5 Å². The summed E-state index contributed by atoms with van der Waals surface area (Å²) in [5.74, 6) is -0.705. The van der Waals surface area contributed by atoms with Crippen LogP contribution in [0.4, 0.5) is 4.39 Å². The highest BCUT2D eigenvalue weighted by Crippen LogP contribution is 2.23. The highest BCUT2D eigenvalue weighted by atomic mass is 35.5. The van der Waals surface area contributed by atoms with Gasteiger partial charge in [0, 0.05) is 11.4 Å². The molecule has 0 saturated heterocycles. The van der Waals surface area contributed by atoms with Crippen molar-refractivity contribution in [2.75, 3.05) is 6.54 Å². The average molecular weight is 270 g/mol. The fourth-order valence-electron chi connectivity index (χ4n) is 1.11. The Balaban J connectivity index is 2.65. The van der Waals surface area contributed by atoms with Crippen LogP contribution in [-0.2, 0) is 11.3 Å². The van der Waals surface area contributed by atoms with Crippen molar-refractivity contribution in [2.45, 2.75) is 19.1 Å². The maximum atomic E-state index is 12.6. The van der Waals surface area contributed by atoms with Gasteiger partial charge in [-0.3, -0.25) is 4.79 Å². The van der Waals surface area contributed by atoms with Gasteiger partial charge >= 0.3 is 0 Å². The van der Waals surface area contributed by atoms with Gasteiger partial charge in [0.05, 0.1) is 10.9 Å². The first kappa shape index (κ1) is 12.7. The van der Waals surface area contributed by atoms with Crippen LogP contribution < -0.4 is 0 Å². The standard InChI is InChI=1S/C9H10Cl2FNOS/c1-2-13(9(14)8(11)12)5-6-3-4-7(10)15-6/h3-4,8H,2,5H2,1H3. The van der Waals surface area contributed by atoms with Gasteiger partial charge in [-0.15, -0.1) is 11.3 Å². The van der Waals surface area contributed by atoms with Gasteiger partial charge in [-0.05, 0) is 19.1 Å². The molecule has 0 saturated carbocycles. The first-order chi connectivity index (χ1) is 7.04. The number of halogens is 3. The fourth-order valence-corrected chi connectivity index (χ4v) is 2.35. The highest BCUT2D eigenvalue weighted by Gasteiger charge is 2.20. The van der Waals surface area contributed by atoms with E-state index in [-0.39, 0.29) is 0 Å². The summed E-state index contributed by atoms with van der Waals surface area (Å²) in [6, 6.07) is 3.55. The van der Waals surface area contributed by atoms with Crippen molar-refractivity contribution < 1.29 is 9.18 Å². The van der Waals surface area contributed by atoms with Gasteiger partial charge in [0.25, 0.3) is 11.5 Å². The summed E-state index contributed by atoms with van der Waals surface area (Å²) < 4.78 is 13.2. The molecule has 0 fully saturated rings. The van der Waals surface area contributed by atoms with Crippen LogP contribution in [0.5, 0.6) is 0 Å². The first-order valence-corrected chi connectivity index (χ1v) is 5.98. The van der Waals surface area contributed by atoms with Gasteiger partial charge in [-0.2, -0.15) is 0 Å². The van der Waals surface area contributed by atoms with Gasteiger partial charge in [-0.1, -0.05) is 23.2 Å². The van der Waals surface area contributed by atoms with Crippen molar-refractivity contribution in [3.05, 3.63) is 21.3 Å². The third-order valence-corrected chi connectivity index (χ3v) is 3.26. The van der Waals surface area contributed by atoms with E-state index in [1.54, 1.807) is 13.0 Å². The number of amides is 1. The molecule has 0 aliphatic carbocycles. The summed E-state index contributed by atoms with van der Waals surface area (Å²) in [6.45, 7) is 2.54. The third-order valence-electron chi connectivity index (χ3n) is 1.86. The average Bonchev–Trinajstić information content (AvgIpc) is 2.59. The van der Waals surface area contributed by atoms with Crippen LogP contribution in [-0.4, -0.2) is 23.0 Å². The molecule has 1 unspecified atom stereocenters. The van der Waals surface area contributed by atoms with Crippen molar-refractivity contribution in [2.24, 2.45) is 0 Å². The maximum Gasteiger partial charge on any atom is 0.273 e. The molecule has 0 N–H and O–H groups in total. The second kappa shape index (κ2) is 5.68. The molecule has 0 aromatic carbocycles. The van der Waals surface area contributed by atoms with E-state index in [0.29, 0.717) is 17.4 Å². The molecule has 6 heteroatoms. The summed E-state index contributed by atoms with van der Waals surface area (Å²) in [4.78, 5) is 13.5. The van der Waals surface area contributed by atoms with E-state index in [4.69, 9.17) is 23.2 Å². The van der Waals surface area contributed by atoms with Gasteiger partial charge in [0.2, 0.25) is 0 Å². The van der Waals surface area contributed by atoms with Crippen molar-refractivity contribution in [1.82, 2.24) is 4.90 Å². The van der Waals surface area contributed by atoms with Gasteiger partial charge in [-0.25, -0.2) is 4.39 Å². The Labute approximate surface area is 102 Å². The number of alkyl halides is 2. The van der Waals surface area contributed by atoms with Crippen LogP contribution in [0.2, 0.25) is 4.34 Å². The monoisotopic (exact) mass is 269 g/mol. The molecule has 0 bridgehead atoms. The Kier molecular flexibility index (Phi) is 4.83. The molecule has 1 aromatic rings. The number of rotatable bonds is 4. The summed E-state index contributed by atoms with van der Waals surface area (Å²) in [5, 5.41) is 0. The zero-order chi connectivity index (χ0) is 11.4. The summed E-state index contributed by atoms with van der Waals surface area (Å²) in [5.41, 5.74) is -1.97.